The molecule has 1 saturated heterocycles. The molecule has 0 aliphatic carbocycles. The van der Waals surface area contributed by atoms with Crippen molar-refractivity contribution in [2.24, 2.45) is 0 Å². The lowest BCUT2D eigenvalue weighted by atomic mass is 10.0. The molecule has 1 aliphatic rings. The number of hydrogen-bond donors (Lipinski definition) is 2. The number of carbonyl (C=O) groups is 1. The number of hydrogen-bond acceptors (Lipinski definition) is 4. The van der Waals surface area contributed by atoms with Gasteiger partial charge < -0.3 is 10.6 Å². The van der Waals surface area contributed by atoms with E-state index in [2.05, 4.69) is 21.7 Å². The molecule has 1 amide bonds. The lowest BCUT2D eigenvalue weighted by Crippen LogP contribution is -2.47. The van der Waals surface area contributed by atoms with E-state index >= 15 is 0 Å². The fourth-order valence-corrected chi connectivity index (χ4v) is 3.49. The van der Waals surface area contributed by atoms with Crippen LogP contribution in [-0.4, -0.2) is 30.0 Å². The van der Waals surface area contributed by atoms with Crippen molar-refractivity contribution in [3.63, 3.8) is 0 Å². The Labute approximate surface area is 134 Å². The molecule has 1 aliphatic heterocycles. The molecule has 2 heterocycles. The van der Waals surface area contributed by atoms with Gasteiger partial charge in [-0.3, -0.25) is 4.79 Å². The van der Waals surface area contributed by atoms with E-state index in [1.165, 1.54) is 11.1 Å². The van der Waals surface area contributed by atoms with E-state index in [0.29, 0.717) is 6.54 Å². The number of piperidine rings is 1. The molecule has 1 atom stereocenters. The number of carbonyl (C=O) groups excluding carboxylic acids is 1. The van der Waals surface area contributed by atoms with Crippen LogP contribution in [0.25, 0.3) is 10.2 Å². The van der Waals surface area contributed by atoms with Gasteiger partial charge in [-0.1, -0.05) is 18.6 Å². The summed E-state index contributed by atoms with van der Waals surface area (Å²) in [6.07, 6.45) is 4.07. The molecule has 1 aromatic heterocycles. The Kier molecular flexibility index (Phi) is 5.96. The normalized spacial score (nSPS) is 18.2. The molecular weight excluding hydrogens is 306 g/mol. The Morgan fingerprint density at radius 1 is 1.38 bits per heavy atom. The van der Waals surface area contributed by atoms with Gasteiger partial charge in [-0.15, -0.1) is 23.7 Å². The molecule has 3 rings (SSSR count). The Hall–Kier alpha value is -1.17. The van der Waals surface area contributed by atoms with Gasteiger partial charge in [0.2, 0.25) is 5.91 Å². The van der Waals surface area contributed by atoms with Crippen molar-refractivity contribution in [3.8, 4) is 0 Å². The summed E-state index contributed by atoms with van der Waals surface area (Å²) in [5, 5.41) is 7.36. The average Bonchev–Trinajstić information content (AvgIpc) is 2.90. The van der Waals surface area contributed by atoms with Crippen LogP contribution < -0.4 is 10.6 Å². The maximum absolute atomic E-state index is 12.0. The third-order valence-corrected chi connectivity index (χ3v) is 4.70. The van der Waals surface area contributed by atoms with Crippen molar-refractivity contribution >= 4 is 39.9 Å². The Morgan fingerprint density at radius 2 is 2.24 bits per heavy atom. The number of aromatic nitrogens is 1. The first-order chi connectivity index (χ1) is 9.83. The third kappa shape index (κ3) is 4.15. The zero-order chi connectivity index (χ0) is 13.8. The predicted octanol–water partition coefficient (Wildman–Crippen LogP) is 2.52. The highest BCUT2D eigenvalue weighted by molar-refractivity contribution is 7.18. The Bertz CT molecular complexity index is 562. The van der Waals surface area contributed by atoms with E-state index in [-0.39, 0.29) is 24.4 Å². The summed E-state index contributed by atoms with van der Waals surface area (Å²) in [5.41, 5.74) is 1.05. The number of benzene rings is 1. The fraction of sp³-hybridized carbons (Fsp3) is 0.467. The van der Waals surface area contributed by atoms with Crippen molar-refractivity contribution in [1.82, 2.24) is 15.6 Å². The van der Waals surface area contributed by atoms with E-state index in [1.807, 2.05) is 18.2 Å². The van der Waals surface area contributed by atoms with E-state index in [4.69, 9.17) is 0 Å². The summed E-state index contributed by atoms with van der Waals surface area (Å²) in [7, 11) is 0. The highest BCUT2D eigenvalue weighted by Gasteiger charge is 2.19. The number of halogens is 1. The van der Waals surface area contributed by atoms with Gasteiger partial charge in [-0.25, -0.2) is 4.98 Å². The average molecular weight is 326 g/mol. The van der Waals surface area contributed by atoms with Gasteiger partial charge in [0, 0.05) is 13.0 Å². The zero-order valence-electron chi connectivity index (χ0n) is 11.8. The van der Waals surface area contributed by atoms with Crippen LogP contribution in [0.15, 0.2) is 24.3 Å². The van der Waals surface area contributed by atoms with Crippen LogP contribution in [-0.2, 0) is 11.2 Å². The molecular formula is C15H20ClN3OS. The molecule has 1 fully saturated rings. The highest BCUT2D eigenvalue weighted by atomic mass is 35.5. The van der Waals surface area contributed by atoms with Crippen LogP contribution in [0.2, 0.25) is 0 Å². The number of fused-ring (bicyclic) bond motifs is 1. The molecule has 6 heteroatoms. The van der Waals surface area contributed by atoms with Crippen molar-refractivity contribution in [2.75, 3.05) is 13.1 Å². The standard InChI is InChI=1S/C15H19N3OS.ClH/c19-15(12-6-3-4-9-16-12)17-10-8-14-18-11-5-1-2-7-13(11)20-14;/h1-2,5,7,12,16H,3-4,6,8-10H2,(H,17,19);1H. The first-order valence-corrected chi connectivity index (χ1v) is 8.00. The molecule has 0 radical (unpaired) electrons. The van der Waals surface area contributed by atoms with Gasteiger partial charge in [0.25, 0.3) is 0 Å². The van der Waals surface area contributed by atoms with Crippen molar-refractivity contribution in [3.05, 3.63) is 29.3 Å². The quantitative estimate of drug-likeness (QED) is 0.908. The maximum atomic E-state index is 12.0. The zero-order valence-corrected chi connectivity index (χ0v) is 13.4. The van der Waals surface area contributed by atoms with Gasteiger partial charge in [0.05, 0.1) is 21.3 Å². The van der Waals surface area contributed by atoms with E-state index in [0.717, 1.165) is 36.3 Å². The molecule has 0 saturated carbocycles. The maximum Gasteiger partial charge on any atom is 0.237 e. The van der Waals surface area contributed by atoms with Crippen LogP contribution in [0, 0.1) is 0 Å². The predicted molar refractivity (Wildman–Crippen MR) is 89.2 cm³/mol. The second-order valence-electron chi connectivity index (χ2n) is 5.12. The first-order valence-electron chi connectivity index (χ1n) is 7.18. The van der Waals surface area contributed by atoms with Crippen molar-refractivity contribution < 1.29 is 4.79 Å². The number of rotatable bonds is 4. The fourth-order valence-electron chi connectivity index (χ4n) is 2.52. The van der Waals surface area contributed by atoms with Crippen molar-refractivity contribution in [2.45, 2.75) is 31.7 Å². The molecule has 2 N–H and O–H groups in total. The molecule has 2 aromatic rings. The van der Waals surface area contributed by atoms with Gasteiger partial charge in [-0.2, -0.15) is 0 Å². The Balaban J connectivity index is 0.00000161. The summed E-state index contributed by atoms with van der Waals surface area (Å²) < 4.78 is 1.21. The summed E-state index contributed by atoms with van der Waals surface area (Å²) >= 11 is 1.71. The largest absolute Gasteiger partial charge is 0.354 e. The number of nitrogens with one attached hydrogen (secondary N) is 2. The second kappa shape index (κ2) is 7.73. The summed E-state index contributed by atoms with van der Waals surface area (Å²) in [5.74, 6) is 0.130. The lowest BCUT2D eigenvalue weighted by Gasteiger charge is -2.22. The molecule has 1 aromatic carbocycles. The highest BCUT2D eigenvalue weighted by Crippen LogP contribution is 2.21. The van der Waals surface area contributed by atoms with Crippen molar-refractivity contribution in [1.29, 1.82) is 0 Å². The minimum atomic E-state index is -0.000817. The monoisotopic (exact) mass is 325 g/mol. The van der Waals surface area contributed by atoms with Crippen LogP contribution >= 0.6 is 23.7 Å². The molecule has 114 valence electrons. The van der Waals surface area contributed by atoms with E-state index in [1.54, 1.807) is 11.3 Å². The second-order valence-corrected chi connectivity index (χ2v) is 6.23. The minimum absolute atomic E-state index is 0. The van der Waals surface area contributed by atoms with Crippen LogP contribution in [0.1, 0.15) is 24.3 Å². The SMILES string of the molecule is Cl.O=C(NCCc1nc2ccccc2s1)C1CCCCN1. The number of amides is 1. The summed E-state index contributed by atoms with van der Waals surface area (Å²) in [6, 6.07) is 8.14. The number of thiazole rings is 1. The van der Waals surface area contributed by atoms with Gasteiger partial charge in [0.1, 0.15) is 0 Å². The first kappa shape index (κ1) is 16.2. The van der Waals surface area contributed by atoms with Gasteiger partial charge in [0.15, 0.2) is 0 Å². The number of para-hydroxylation sites is 1. The number of nitrogens with zero attached hydrogens (tertiary/aromatic N) is 1. The molecule has 0 bridgehead atoms. The van der Waals surface area contributed by atoms with Crippen LogP contribution in [0.3, 0.4) is 0 Å². The molecule has 21 heavy (non-hydrogen) atoms. The molecule has 4 nitrogen and oxygen atoms in total. The van der Waals surface area contributed by atoms with Gasteiger partial charge >= 0.3 is 0 Å². The smallest absolute Gasteiger partial charge is 0.237 e. The lowest BCUT2D eigenvalue weighted by molar-refractivity contribution is -0.123. The molecule has 1 unspecified atom stereocenters. The molecule has 0 spiro atoms. The van der Waals surface area contributed by atoms with Gasteiger partial charge in [-0.05, 0) is 31.5 Å². The summed E-state index contributed by atoms with van der Waals surface area (Å²) in [4.78, 5) is 16.5. The summed E-state index contributed by atoms with van der Waals surface area (Å²) in [6.45, 7) is 1.62. The van der Waals surface area contributed by atoms with Crippen LogP contribution in [0.5, 0.6) is 0 Å². The minimum Gasteiger partial charge on any atom is -0.354 e. The van der Waals surface area contributed by atoms with E-state index in [9.17, 15) is 4.79 Å². The Morgan fingerprint density at radius 3 is 3.00 bits per heavy atom. The topological polar surface area (TPSA) is 54.0 Å². The van der Waals surface area contributed by atoms with E-state index < -0.39 is 0 Å². The third-order valence-electron chi connectivity index (χ3n) is 3.60. The van der Waals surface area contributed by atoms with Crippen LogP contribution in [0.4, 0.5) is 0 Å².